The van der Waals surface area contributed by atoms with Gasteiger partial charge in [-0.05, 0) is 18.6 Å². The SMILES string of the molecule is C#CC(CCC)NS(=O)(=O)CCOc1cccc(N)c1. The number of sulfonamides is 1. The molecule has 0 amide bonds. The normalized spacial score (nSPS) is 12.6. The summed E-state index contributed by atoms with van der Waals surface area (Å²) in [5.41, 5.74) is 6.17. The van der Waals surface area contributed by atoms with E-state index in [1.165, 1.54) is 0 Å². The van der Waals surface area contributed by atoms with E-state index in [1.807, 2.05) is 6.92 Å². The third kappa shape index (κ3) is 5.95. The van der Waals surface area contributed by atoms with Crippen molar-refractivity contribution in [3.8, 4) is 18.1 Å². The molecule has 0 fully saturated rings. The fraction of sp³-hybridized carbons (Fsp3) is 0.429. The average molecular weight is 296 g/mol. The van der Waals surface area contributed by atoms with Crippen LogP contribution in [0.3, 0.4) is 0 Å². The van der Waals surface area contributed by atoms with E-state index >= 15 is 0 Å². The van der Waals surface area contributed by atoms with E-state index in [2.05, 4.69) is 10.6 Å². The third-order valence-corrected chi connectivity index (χ3v) is 3.93. The van der Waals surface area contributed by atoms with E-state index in [0.717, 1.165) is 6.42 Å². The summed E-state index contributed by atoms with van der Waals surface area (Å²) in [6.45, 7) is 1.99. The molecule has 0 heterocycles. The Labute approximate surface area is 120 Å². The lowest BCUT2D eigenvalue weighted by Gasteiger charge is -2.13. The van der Waals surface area contributed by atoms with Gasteiger partial charge in [0.05, 0.1) is 11.8 Å². The topological polar surface area (TPSA) is 81.4 Å². The van der Waals surface area contributed by atoms with Crippen molar-refractivity contribution in [1.29, 1.82) is 0 Å². The number of terminal acetylenes is 1. The summed E-state index contributed by atoms with van der Waals surface area (Å²) in [4.78, 5) is 0. The lowest BCUT2D eigenvalue weighted by Crippen LogP contribution is -2.36. The molecule has 0 aliphatic carbocycles. The van der Waals surface area contributed by atoms with Crippen LogP contribution in [0.25, 0.3) is 0 Å². The van der Waals surface area contributed by atoms with Gasteiger partial charge in [0.2, 0.25) is 10.0 Å². The number of benzene rings is 1. The van der Waals surface area contributed by atoms with Gasteiger partial charge in [-0.15, -0.1) is 6.42 Å². The van der Waals surface area contributed by atoms with Gasteiger partial charge in [-0.3, -0.25) is 0 Å². The summed E-state index contributed by atoms with van der Waals surface area (Å²) in [5.74, 6) is 2.82. The van der Waals surface area contributed by atoms with E-state index in [9.17, 15) is 8.42 Å². The number of hydrogen-bond acceptors (Lipinski definition) is 4. The highest BCUT2D eigenvalue weighted by atomic mass is 32.2. The Bertz CT molecular complexity index is 564. The first kappa shape index (κ1) is 16.3. The maximum Gasteiger partial charge on any atom is 0.216 e. The van der Waals surface area contributed by atoms with Crippen molar-refractivity contribution in [2.75, 3.05) is 18.1 Å². The first-order valence-electron chi connectivity index (χ1n) is 6.41. The smallest absolute Gasteiger partial charge is 0.216 e. The molecule has 20 heavy (non-hydrogen) atoms. The van der Waals surface area contributed by atoms with Crippen molar-refractivity contribution < 1.29 is 13.2 Å². The van der Waals surface area contributed by atoms with Crippen LogP contribution in [0.4, 0.5) is 5.69 Å². The lowest BCUT2D eigenvalue weighted by molar-refractivity contribution is 0.340. The molecule has 3 N–H and O–H groups in total. The Morgan fingerprint density at radius 3 is 2.85 bits per heavy atom. The van der Waals surface area contributed by atoms with Gasteiger partial charge >= 0.3 is 0 Å². The van der Waals surface area contributed by atoms with Gasteiger partial charge in [-0.1, -0.05) is 25.3 Å². The van der Waals surface area contributed by atoms with Crippen LogP contribution in [0.5, 0.6) is 5.75 Å². The van der Waals surface area contributed by atoms with E-state index < -0.39 is 16.1 Å². The molecule has 0 spiro atoms. The zero-order valence-electron chi connectivity index (χ0n) is 11.5. The van der Waals surface area contributed by atoms with Crippen LogP contribution < -0.4 is 15.2 Å². The minimum Gasteiger partial charge on any atom is -0.492 e. The molecule has 0 aromatic heterocycles. The number of nitrogens with two attached hydrogens (primary N) is 1. The molecule has 0 aliphatic heterocycles. The van der Waals surface area contributed by atoms with Crippen LogP contribution in [0.2, 0.25) is 0 Å². The number of hydrogen-bond donors (Lipinski definition) is 2. The fourth-order valence-corrected chi connectivity index (χ4v) is 2.65. The number of rotatable bonds is 8. The van der Waals surface area contributed by atoms with Crippen molar-refractivity contribution >= 4 is 15.7 Å². The van der Waals surface area contributed by atoms with Crippen LogP contribution in [0.15, 0.2) is 24.3 Å². The molecule has 5 nitrogen and oxygen atoms in total. The van der Waals surface area contributed by atoms with Gasteiger partial charge in [0.1, 0.15) is 12.4 Å². The maximum absolute atomic E-state index is 11.8. The van der Waals surface area contributed by atoms with Crippen molar-refractivity contribution in [2.45, 2.75) is 25.8 Å². The van der Waals surface area contributed by atoms with Crippen molar-refractivity contribution in [3.63, 3.8) is 0 Å². The van der Waals surface area contributed by atoms with Crippen LogP contribution in [-0.4, -0.2) is 26.8 Å². The molecular weight excluding hydrogens is 276 g/mol. The average Bonchev–Trinajstić information content (AvgIpc) is 2.38. The number of anilines is 1. The second kappa shape index (κ2) is 7.78. The second-order valence-electron chi connectivity index (χ2n) is 4.37. The Hall–Kier alpha value is -1.71. The fourth-order valence-electron chi connectivity index (χ4n) is 1.61. The lowest BCUT2D eigenvalue weighted by atomic mass is 10.2. The zero-order chi connectivity index (χ0) is 15.0. The quantitative estimate of drug-likeness (QED) is 0.561. The first-order valence-corrected chi connectivity index (χ1v) is 8.06. The van der Waals surface area contributed by atoms with E-state index in [0.29, 0.717) is 17.9 Å². The molecule has 1 atom stereocenters. The third-order valence-electron chi connectivity index (χ3n) is 2.58. The Morgan fingerprint density at radius 2 is 2.25 bits per heavy atom. The number of ether oxygens (including phenoxy) is 1. The van der Waals surface area contributed by atoms with E-state index in [1.54, 1.807) is 24.3 Å². The molecule has 0 bridgehead atoms. The van der Waals surface area contributed by atoms with Crippen LogP contribution >= 0.6 is 0 Å². The summed E-state index contributed by atoms with van der Waals surface area (Å²) in [6, 6.07) is 6.37. The highest BCUT2D eigenvalue weighted by Gasteiger charge is 2.15. The van der Waals surface area contributed by atoms with Gasteiger partial charge in [0.25, 0.3) is 0 Å². The van der Waals surface area contributed by atoms with Gasteiger partial charge < -0.3 is 10.5 Å². The molecule has 0 aliphatic rings. The van der Waals surface area contributed by atoms with Crippen molar-refractivity contribution in [1.82, 2.24) is 4.72 Å². The van der Waals surface area contributed by atoms with Gasteiger partial charge in [0.15, 0.2) is 0 Å². The van der Waals surface area contributed by atoms with Crippen LogP contribution in [0.1, 0.15) is 19.8 Å². The molecule has 0 saturated carbocycles. The molecule has 1 rings (SSSR count). The van der Waals surface area contributed by atoms with Crippen molar-refractivity contribution in [3.05, 3.63) is 24.3 Å². The van der Waals surface area contributed by atoms with Crippen LogP contribution in [0, 0.1) is 12.3 Å². The van der Waals surface area contributed by atoms with Crippen LogP contribution in [-0.2, 0) is 10.0 Å². The van der Waals surface area contributed by atoms with Gasteiger partial charge in [-0.25, -0.2) is 13.1 Å². The molecular formula is C14H20N2O3S. The summed E-state index contributed by atoms with van der Waals surface area (Å²) in [5, 5.41) is 0. The maximum atomic E-state index is 11.8. The van der Waals surface area contributed by atoms with Gasteiger partial charge in [0, 0.05) is 11.8 Å². The number of nitrogen functional groups attached to an aromatic ring is 1. The Balaban J connectivity index is 2.46. The predicted molar refractivity (Wildman–Crippen MR) is 80.8 cm³/mol. The van der Waals surface area contributed by atoms with E-state index in [-0.39, 0.29) is 12.4 Å². The Morgan fingerprint density at radius 1 is 1.50 bits per heavy atom. The summed E-state index contributed by atoms with van der Waals surface area (Å²) in [7, 11) is -3.44. The largest absolute Gasteiger partial charge is 0.492 e. The molecule has 0 radical (unpaired) electrons. The minimum absolute atomic E-state index is 0.0439. The monoisotopic (exact) mass is 296 g/mol. The predicted octanol–water partition coefficient (Wildman–Crippen LogP) is 1.37. The molecule has 0 saturated heterocycles. The standard InChI is InChI=1S/C14H20N2O3S/c1-3-6-13(4-2)16-20(17,18)10-9-19-14-8-5-7-12(15)11-14/h2,5,7-8,11,13,16H,3,6,9-10,15H2,1H3. The van der Waals surface area contributed by atoms with Crippen molar-refractivity contribution in [2.24, 2.45) is 0 Å². The van der Waals surface area contributed by atoms with Gasteiger partial charge in [-0.2, -0.15) is 0 Å². The highest BCUT2D eigenvalue weighted by molar-refractivity contribution is 7.89. The number of nitrogens with one attached hydrogen (secondary N) is 1. The summed E-state index contributed by atoms with van der Waals surface area (Å²) < 4.78 is 31.5. The molecule has 6 heteroatoms. The van der Waals surface area contributed by atoms with E-state index in [4.69, 9.17) is 16.9 Å². The summed E-state index contributed by atoms with van der Waals surface area (Å²) >= 11 is 0. The minimum atomic E-state index is -3.44. The molecule has 1 unspecified atom stereocenters. The molecule has 1 aromatic carbocycles. The summed E-state index contributed by atoms with van der Waals surface area (Å²) in [6.07, 6.45) is 6.71. The second-order valence-corrected chi connectivity index (χ2v) is 6.24. The Kier molecular flexibility index (Phi) is 6.36. The zero-order valence-corrected chi connectivity index (χ0v) is 12.3. The molecule has 1 aromatic rings. The first-order chi connectivity index (χ1) is 9.46. The molecule has 110 valence electrons. The highest BCUT2D eigenvalue weighted by Crippen LogP contribution is 2.14.